The third-order valence-electron chi connectivity index (χ3n) is 8.18. The van der Waals surface area contributed by atoms with E-state index < -0.39 is 6.10 Å². The van der Waals surface area contributed by atoms with Gasteiger partial charge in [-0.15, -0.1) is 11.8 Å². The molecule has 2 aromatic carbocycles. The second-order valence-corrected chi connectivity index (χ2v) is 11.5. The van der Waals surface area contributed by atoms with Crippen LogP contribution >= 0.6 is 11.8 Å². The van der Waals surface area contributed by atoms with Crippen molar-refractivity contribution in [2.24, 2.45) is 5.92 Å². The Bertz CT molecular complexity index is 1390. The predicted molar refractivity (Wildman–Crippen MR) is 145 cm³/mol. The number of nitrogens with zero attached hydrogens (tertiary/aromatic N) is 3. The largest absolute Gasteiger partial charge is 0.480 e. The van der Waals surface area contributed by atoms with Gasteiger partial charge in [-0.05, 0) is 62.4 Å². The highest BCUT2D eigenvalue weighted by atomic mass is 32.2. The molecule has 1 aromatic heterocycles. The number of hydrogen-bond donors (Lipinski definition) is 3. The molecule has 6 rings (SSSR count). The molecule has 3 aliphatic rings. The lowest BCUT2D eigenvalue weighted by Gasteiger charge is -2.28. The number of carbonyl (C=O) groups excluding carboxylic acids is 1. The minimum atomic E-state index is -0.691. The molecule has 4 atom stereocenters. The van der Waals surface area contributed by atoms with Crippen LogP contribution in [0.5, 0.6) is 5.88 Å². The first kappa shape index (κ1) is 25.5. The molecule has 3 N–H and O–H groups in total. The zero-order valence-electron chi connectivity index (χ0n) is 21.5. The minimum Gasteiger partial charge on any atom is -0.480 e. The molecule has 0 radical (unpaired) electrons. The van der Waals surface area contributed by atoms with Crippen LogP contribution in [0.3, 0.4) is 0 Å². The Hall–Kier alpha value is -2.79. The summed E-state index contributed by atoms with van der Waals surface area (Å²) in [6.07, 6.45) is 3.98. The Labute approximate surface area is 225 Å². The van der Waals surface area contributed by atoms with Gasteiger partial charge in [0.2, 0.25) is 11.8 Å². The van der Waals surface area contributed by atoms with E-state index in [9.17, 15) is 14.3 Å². The first-order chi connectivity index (χ1) is 18.4. The fourth-order valence-corrected chi connectivity index (χ4v) is 7.11. The summed E-state index contributed by atoms with van der Waals surface area (Å²) in [6, 6.07) is 7.84. The van der Waals surface area contributed by atoms with Crippen LogP contribution in [0.4, 0.5) is 10.1 Å². The second-order valence-electron chi connectivity index (χ2n) is 10.5. The number of fused-ring (bicyclic) bond motifs is 3. The summed E-state index contributed by atoms with van der Waals surface area (Å²) in [6.45, 7) is 3.89. The highest BCUT2D eigenvalue weighted by Gasteiger charge is 2.42. The third kappa shape index (κ3) is 4.86. The molecule has 2 fully saturated rings. The Morgan fingerprint density at radius 2 is 2.21 bits per heavy atom. The molecule has 1 saturated heterocycles. The molecule has 1 saturated carbocycles. The monoisotopic (exact) mass is 537 g/mol. The third-order valence-corrected chi connectivity index (χ3v) is 9.23. The molecule has 0 spiro atoms. The van der Waals surface area contributed by atoms with Crippen LogP contribution in [0, 0.1) is 18.7 Å². The Balaban J connectivity index is 1.12. The van der Waals surface area contributed by atoms with Crippen molar-refractivity contribution in [3.63, 3.8) is 0 Å². The number of benzene rings is 2. The van der Waals surface area contributed by atoms with E-state index in [1.807, 2.05) is 19.1 Å². The summed E-state index contributed by atoms with van der Waals surface area (Å²) in [4.78, 5) is 23.9. The number of rotatable bonds is 7. The molecule has 4 unspecified atom stereocenters. The van der Waals surface area contributed by atoms with Crippen molar-refractivity contribution in [2.45, 2.75) is 55.8 Å². The van der Waals surface area contributed by atoms with Crippen LogP contribution in [0.25, 0.3) is 11.0 Å². The van der Waals surface area contributed by atoms with Gasteiger partial charge in [0.1, 0.15) is 5.82 Å². The molecule has 1 amide bonds. The Kier molecular flexibility index (Phi) is 6.98. The highest BCUT2D eigenvalue weighted by molar-refractivity contribution is 8.00. The van der Waals surface area contributed by atoms with E-state index in [0.29, 0.717) is 53.4 Å². The van der Waals surface area contributed by atoms with Crippen LogP contribution in [0.2, 0.25) is 0 Å². The van der Waals surface area contributed by atoms with Crippen LogP contribution in [-0.4, -0.2) is 63.9 Å². The number of carbonyl (C=O) groups is 1. The van der Waals surface area contributed by atoms with Gasteiger partial charge in [0.15, 0.2) is 0 Å². The number of anilines is 1. The van der Waals surface area contributed by atoms with E-state index in [1.54, 1.807) is 19.4 Å². The minimum absolute atomic E-state index is 0.0520. The van der Waals surface area contributed by atoms with Gasteiger partial charge in [-0.1, -0.05) is 6.07 Å². The number of likely N-dealkylation sites (tertiary alicyclic amines) is 1. The van der Waals surface area contributed by atoms with E-state index >= 15 is 0 Å². The number of ether oxygens (including phenoxy) is 1. The van der Waals surface area contributed by atoms with Gasteiger partial charge in [0.25, 0.3) is 0 Å². The van der Waals surface area contributed by atoms with Crippen LogP contribution < -0.4 is 15.4 Å². The fraction of sp³-hybridized carbons (Fsp3) is 0.464. The maximum Gasteiger partial charge on any atom is 0.234 e. The zero-order chi connectivity index (χ0) is 26.4. The van der Waals surface area contributed by atoms with E-state index in [1.165, 1.54) is 17.8 Å². The number of thioether (sulfide) groups is 1. The fourth-order valence-electron chi connectivity index (χ4n) is 6.30. The Morgan fingerprint density at radius 3 is 3.05 bits per heavy atom. The number of aliphatic hydroxyl groups excluding tert-OH is 1. The number of methoxy groups -OCH3 is 1. The predicted octanol–water partition coefficient (Wildman–Crippen LogP) is 3.81. The average Bonchev–Trinajstić information content (AvgIpc) is 3.48. The van der Waals surface area contributed by atoms with Crippen molar-refractivity contribution in [1.29, 1.82) is 0 Å². The quantitative estimate of drug-likeness (QED) is 0.419. The molecule has 0 bridgehead atoms. The molecule has 8 nitrogen and oxygen atoms in total. The normalized spacial score (nSPS) is 23.8. The number of β-amino-alcohol motifs (C(OH)–C–C–N with tert-alkyl or cyclic N) is 1. The lowest BCUT2D eigenvalue weighted by atomic mass is 10.00. The number of halogens is 1. The molecule has 1 aliphatic carbocycles. The summed E-state index contributed by atoms with van der Waals surface area (Å²) < 4.78 is 20.0. The van der Waals surface area contributed by atoms with Gasteiger partial charge in [-0.25, -0.2) is 14.4 Å². The summed E-state index contributed by atoms with van der Waals surface area (Å²) >= 11 is 1.37. The van der Waals surface area contributed by atoms with E-state index in [0.717, 1.165) is 47.3 Å². The molecule has 3 heterocycles. The van der Waals surface area contributed by atoms with Crippen molar-refractivity contribution in [3.8, 4) is 5.88 Å². The standard InChI is InChI=1S/C28H32FN5O3S/c1-15-3-4-20-28(33-26(37-2)12-31-20)27(15)23(35)13-34-6-5-16-7-18(9-22(16)34)30-11-17-8-21-24(10-19(17)29)38-14-25(36)32-21/h3-4,8,10,12,16,18,22-23,30,35H,5-7,9,11,13-14H2,1-2H3,(H,32,36). The smallest absolute Gasteiger partial charge is 0.234 e. The van der Waals surface area contributed by atoms with E-state index in [-0.39, 0.29) is 17.8 Å². The van der Waals surface area contributed by atoms with Crippen LogP contribution in [-0.2, 0) is 11.3 Å². The van der Waals surface area contributed by atoms with Gasteiger partial charge in [0, 0.05) is 41.2 Å². The van der Waals surface area contributed by atoms with Gasteiger partial charge < -0.3 is 20.5 Å². The molecule has 10 heteroatoms. The highest BCUT2D eigenvalue weighted by Crippen LogP contribution is 2.40. The molecule has 2 aliphatic heterocycles. The van der Waals surface area contributed by atoms with Gasteiger partial charge in [-0.2, -0.15) is 0 Å². The van der Waals surface area contributed by atoms with Crippen molar-refractivity contribution >= 4 is 34.4 Å². The van der Waals surface area contributed by atoms with Crippen molar-refractivity contribution in [2.75, 3.05) is 31.3 Å². The van der Waals surface area contributed by atoms with Crippen LogP contribution in [0.15, 0.2) is 35.4 Å². The average molecular weight is 538 g/mol. The number of aliphatic hydroxyl groups is 1. The lowest BCUT2D eigenvalue weighted by Crippen LogP contribution is -2.36. The molecule has 3 aromatic rings. The second kappa shape index (κ2) is 10.4. The summed E-state index contributed by atoms with van der Waals surface area (Å²) in [5.74, 6) is 1.01. The Morgan fingerprint density at radius 1 is 1.34 bits per heavy atom. The SMILES string of the molecule is COc1cnc2ccc(C)c(C(O)CN3CCC4CC(NCc5cc6c(cc5F)SCC(=O)N6)CC43)c2n1. The number of aromatic nitrogens is 2. The first-order valence-electron chi connectivity index (χ1n) is 13.1. The lowest BCUT2D eigenvalue weighted by molar-refractivity contribution is -0.113. The van der Waals surface area contributed by atoms with E-state index in [2.05, 4.69) is 25.5 Å². The number of aryl methyl sites for hydroxylation is 1. The van der Waals surface area contributed by atoms with Crippen molar-refractivity contribution in [3.05, 3.63) is 53.0 Å². The van der Waals surface area contributed by atoms with Crippen LogP contribution in [0.1, 0.15) is 42.1 Å². The summed E-state index contributed by atoms with van der Waals surface area (Å²) in [5, 5.41) is 17.8. The molecular formula is C28H32FN5O3S. The number of nitrogens with one attached hydrogen (secondary N) is 2. The molecule has 200 valence electrons. The maximum absolute atomic E-state index is 14.7. The van der Waals surface area contributed by atoms with E-state index in [4.69, 9.17) is 4.74 Å². The first-order valence-corrected chi connectivity index (χ1v) is 14.1. The van der Waals surface area contributed by atoms with Crippen molar-refractivity contribution < 1.29 is 19.0 Å². The number of hydrogen-bond acceptors (Lipinski definition) is 8. The van der Waals surface area contributed by atoms with Gasteiger partial charge >= 0.3 is 0 Å². The summed E-state index contributed by atoms with van der Waals surface area (Å²) in [7, 11) is 1.56. The van der Waals surface area contributed by atoms with Crippen molar-refractivity contribution in [1.82, 2.24) is 20.2 Å². The zero-order valence-corrected chi connectivity index (χ0v) is 22.4. The van der Waals surface area contributed by atoms with Gasteiger partial charge in [0.05, 0.1) is 41.9 Å². The molecular weight excluding hydrogens is 505 g/mol. The summed E-state index contributed by atoms with van der Waals surface area (Å²) in [5.41, 5.74) is 4.47. The molecule has 38 heavy (non-hydrogen) atoms. The maximum atomic E-state index is 14.7. The van der Waals surface area contributed by atoms with Gasteiger partial charge in [-0.3, -0.25) is 9.69 Å². The number of amides is 1. The topological polar surface area (TPSA) is 99.6 Å².